The highest BCUT2D eigenvalue weighted by atomic mass is 19.1. The van der Waals surface area contributed by atoms with Gasteiger partial charge in [0.25, 0.3) is 0 Å². The molecule has 0 N–H and O–H groups in total. The first-order chi connectivity index (χ1) is 17.6. The van der Waals surface area contributed by atoms with Crippen LogP contribution in [-0.2, 0) is 13.1 Å². The Morgan fingerprint density at radius 2 is 1.47 bits per heavy atom. The average Bonchev–Trinajstić information content (AvgIpc) is 3.35. The summed E-state index contributed by atoms with van der Waals surface area (Å²) in [6, 6.07) is 25.7. The van der Waals surface area contributed by atoms with Gasteiger partial charge < -0.3 is 4.90 Å². The van der Waals surface area contributed by atoms with Gasteiger partial charge in [-0.1, -0.05) is 54.6 Å². The van der Waals surface area contributed by atoms with Gasteiger partial charge in [-0.25, -0.2) is 9.07 Å². The molecule has 1 fully saturated rings. The van der Waals surface area contributed by atoms with Crippen molar-refractivity contribution in [3.63, 3.8) is 0 Å². The second kappa shape index (κ2) is 11.0. The lowest BCUT2D eigenvalue weighted by molar-refractivity contribution is 0.100. The van der Waals surface area contributed by atoms with Crippen LogP contribution in [0, 0.1) is 5.82 Å². The molecule has 2 heterocycles. The second-order valence-electron chi connectivity index (χ2n) is 9.51. The number of tetrazole rings is 1. The molecule has 3 aromatic carbocycles. The number of anilines is 1. The first kappa shape index (κ1) is 24.1. The van der Waals surface area contributed by atoms with Crippen LogP contribution in [0.1, 0.15) is 28.6 Å². The van der Waals surface area contributed by atoms with E-state index in [9.17, 15) is 4.39 Å². The largest absolute Gasteiger partial charge is 0.378 e. The van der Waals surface area contributed by atoms with Crippen molar-refractivity contribution >= 4 is 5.69 Å². The van der Waals surface area contributed by atoms with E-state index in [0.29, 0.717) is 6.54 Å². The number of halogens is 1. The van der Waals surface area contributed by atoms with Crippen LogP contribution in [-0.4, -0.2) is 70.3 Å². The van der Waals surface area contributed by atoms with Gasteiger partial charge in [0.15, 0.2) is 5.82 Å². The molecule has 7 nitrogen and oxygen atoms in total. The molecule has 1 aromatic heterocycles. The average molecular weight is 486 g/mol. The zero-order chi connectivity index (χ0) is 24.9. The smallest absolute Gasteiger partial charge is 0.173 e. The van der Waals surface area contributed by atoms with Gasteiger partial charge in [0.05, 0.1) is 12.6 Å². The zero-order valence-corrected chi connectivity index (χ0v) is 20.8. The van der Waals surface area contributed by atoms with Crippen molar-refractivity contribution in [1.82, 2.24) is 30.0 Å². The summed E-state index contributed by atoms with van der Waals surface area (Å²) in [5, 5.41) is 12.8. The minimum atomic E-state index is -0.247. The molecule has 36 heavy (non-hydrogen) atoms. The molecule has 0 unspecified atom stereocenters. The molecule has 0 saturated carbocycles. The fourth-order valence-electron chi connectivity index (χ4n) is 4.78. The number of hydrogen-bond donors (Lipinski definition) is 0. The first-order valence-corrected chi connectivity index (χ1v) is 12.3. The molecule has 5 rings (SSSR count). The molecule has 1 aliphatic rings. The monoisotopic (exact) mass is 485 g/mol. The van der Waals surface area contributed by atoms with Gasteiger partial charge in [0.2, 0.25) is 0 Å². The van der Waals surface area contributed by atoms with Crippen molar-refractivity contribution in [2.24, 2.45) is 0 Å². The molecule has 0 bridgehead atoms. The summed E-state index contributed by atoms with van der Waals surface area (Å²) in [5.74, 6) is 0.552. The lowest BCUT2D eigenvalue weighted by Crippen LogP contribution is -2.48. The fourth-order valence-corrected chi connectivity index (χ4v) is 4.78. The number of piperazine rings is 1. The highest BCUT2D eigenvalue weighted by Crippen LogP contribution is 2.30. The minimum Gasteiger partial charge on any atom is -0.378 e. The van der Waals surface area contributed by atoms with Crippen molar-refractivity contribution in [1.29, 1.82) is 0 Å². The van der Waals surface area contributed by atoms with Crippen molar-refractivity contribution in [2.45, 2.75) is 19.1 Å². The van der Waals surface area contributed by atoms with Crippen LogP contribution in [0.5, 0.6) is 0 Å². The molecule has 0 spiro atoms. The second-order valence-corrected chi connectivity index (χ2v) is 9.51. The molecule has 8 heteroatoms. The summed E-state index contributed by atoms with van der Waals surface area (Å²) in [6.45, 7) is 5.22. The van der Waals surface area contributed by atoms with Gasteiger partial charge >= 0.3 is 0 Å². The van der Waals surface area contributed by atoms with Crippen LogP contribution in [0.15, 0.2) is 78.9 Å². The van der Waals surface area contributed by atoms with Crippen molar-refractivity contribution in [3.8, 4) is 0 Å². The molecule has 0 radical (unpaired) electrons. The van der Waals surface area contributed by atoms with Gasteiger partial charge in [0.1, 0.15) is 5.82 Å². The lowest BCUT2D eigenvalue weighted by atomic mass is 10.0. The van der Waals surface area contributed by atoms with E-state index in [0.717, 1.165) is 55.4 Å². The Balaban J connectivity index is 1.39. The maximum absolute atomic E-state index is 13.4. The van der Waals surface area contributed by atoms with Gasteiger partial charge in [-0.2, -0.15) is 0 Å². The molecular formula is C28H32FN7. The Bertz CT molecular complexity index is 1230. The van der Waals surface area contributed by atoms with E-state index in [-0.39, 0.29) is 11.9 Å². The molecular weight excluding hydrogens is 453 g/mol. The van der Waals surface area contributed by atoms with Crippen LogP contribution in [0.4, 0.5) is 10.1 Å². The molecule has 1 saturated heterocycles. The van der Waals surface area contributed by atoms with Gasteiger partial charge in [-0.15, -0.1) is 5.10 Å². The maximum Gasteiger partial charge on any atom is 0.173 e. The summed E-state index contributed by atoms with van der Waals surface area (Å²) in [4.78, 5) is 7.07. The van der Waals surface area contributed by atoms with Crippen LogP contribution >= 0.6 is 0 Å². The van der Waals surface area contributed by atoms with E-state index in [2.05, 4.69) is 84.8 Å². The lowest BCUT2D eigenvalue weighted by Gasteiger charge is -2.39. The van der Waals surface area contributed by atoms with Crippen molar-refractivity contribution in [3.05, 3.63) is 107 Å². The Morgan fingerprint density at radius 3 is 2.14 bits per heavy atom. The van der Waals surface area contributed by atoms with E-state index < -0.39 is 0 Å². The predicted octanol–water partition coefficient (Wildman–Crippen LogP) is 3.83. The molecule has 0 aliphatic carbocycles. The summed E-state index contributed by atoms with van der Waals surface area (Å²) < 4.78 is 15.3. The summed E-state index contributed by atoms with van der Waals surface area (Å²) >= 11 is 0. The van der Waals surface area contributed by atoms with Crippen molar-refractivity contribution in [2.75, 3.05) is 45.2 Å². The summed E-state index contributed by atoms with van der Waals surface area (Å²) in [6.07, 6.45) is 0. The van der Waals surface area contributed by atoms with Gasteiger partial charge in [-0.05, 0) is 51.4 Å². The predicted molar refractivity (Wildman–Crippen MR) is 139 cm³/mol. The highest BCUT2D eigenvalue weighted by molar-refractivity contribution is 5.47. The Hall–Kier alpha value is -3.62. The molecule has 1 atom stereocenters. The Labute approximate surface area is 211 Å². The van der Waals surface area contributed by atoms with E-state index in [4.69, 9.17) is 0 Å². The van der Waals surface area contributed by atoms with Crippen LogP contribution < -0.4 is 4.90 Å². The normalized spacial score (nSPS) is 15.6. The van der Waals surface area contributed by atoms with E-state index in [1.807, 2.05) is 18.8 Å². The molecule has 0 amide bonds. The number of benzene rings is 3. The van der Waals surface area contributed by atoms with E-state index in [1.54, 1.807) is 12.1 Å². The van der Waals surface area contributed by atoms with Crippen molar-refractivity contribution < 1.29 is 4.39 Å². The minimum absolute atomic E-state index is 0.0736. The summed E-state index contributed by atoms with van der Waals surface area (Å²) in [7, 11) is 4.09. The Morgan fingerprint density at radius 1 is 0.806 bits per heavy atom. The molecule has 186 valence electrons. The molecule has 1 aliphatic heterocycles. The third-order valence-corrected chi connectivity index (χ3v) is 6.80. The maximum atomic E-state index is 13.4. The number of aromatic nitrogens is 4. The van der Waals surface area contributed by atoms with Crippen LogP contribution in [0.3, 0.4) is 0 Å². The third kappa shape index (κ3) is 5.61. The van der Waals surface area contributed by atoms with Gasteiger partial charge in [0, 0.05) is 52.5 Å². The zero-order valence-electron chi connectivity index (χ0n) is 20.8. The number of hydrogen-bond acceptors (Lipinski definition) is 6. The SMILES string of the molecule is CN(C)c1ccc([C@H](c2nnnn2Cc2ccc(F)cc2)N2CCN(Cc3ccccc3)CC2)cc1. The summed E-state index contributed by atoms with van der Waals surface area (Å²) in [5.41, 5.74) is 4.60. The van der Waals surface area contributed by atoms with Crippen LogP contribution in [0.2, 0.25) is 0 Å². The standard InChI is InChI=1S/C28H32FN7/c1-33(2)26-14-10-24(11-15-26)27(28-30-31-32-36(28)21-23-8-12-25(29)13-9-23)35-18-16-34(17-19-35)20-22-6-4-3-5-7-22/h3-15,27H,16-21H2,1-2H3/t27-/m1/s1. The number of nitrogens with zero attached hydrogens (tertiary/aromatic N) is 7. The van der Waals surface area contributed by atoms with E-state index in [1.165, 1.54) is 17.7 Å². The highest BCUT2D eigenvalue weighted by Gasteiger charge is 2.30. The molecule has 4 aromatic rings. The fraction of sp³-hybridized carbons (Fsp3) is 0.321. The van der Waals surface area contributed by atoms with Gasteiger partial charge in [-0.3, -0.25) is 9.80 Å². The van der Waals surface area contributed by atoms with Crippen LogP contribution in [0.25, 0.3) is 0 Å². The first-order valence-electron chi connectivity index (χ1n) is 12.3. The quantitative estimate of drug-likeness (QED) is 0.378. The Kier molecular flexibility index (Phi) is 7.34. The third-order valence-electron chi connectivity index (χ3n) is 6.80. The van der Waals surface area contributed by atoms with E-state index >= 15 is 0 Å². The number of rotatable bonds is 8. The topological polar surface area (TPSA) is 53.3 Å².